The minimum atomic E-state index is -4.82. The molecule has 3 aromatic rings. The van der Waals surface area contributed by atoms with Gasteiger partial charge >= 0.3 is 6.18 Å². The fourth-order valence-electron chi connectivity index (χ4n) is 4.15. The highest BCUT2D eigenvalue weighted by molar-refractivity contribution is 5.92. The molecule has 1 aliphatic carbocycles. The van der Waals surface area contributed by atoms with Gasteiger partial charge in [0.2, 0.25) is 5.91 Å². The number of benzene rings is 2. The molecule has 1 unspecified atom stereocenters. The molecule has 0 spiro atoms. The molecule has 0 radical (unpaired) electrons. The van der Waals surface area contributed by atoms with Crippen LogP contribution in [0.1, 0.15) is 24.3 Å². The summed E-state index contributed by atoms with van der Waals surface area (Å²) in [5.41, 5.74) is 6.77. The Morgan fingerprint density at radius 2 is 1.75 bits per heavy atom. The Morgan fingerprint density at radius 1 is 1.09 bits per heavy atom. The van der Waals surface area contributed by atoms with Crippen LogP contribution in [0.4, 0.5) is 26.3 Å². The molecule has 4 rings (SSSR count). The van der Waals surface area contributed by atoms with E-state index in [1.807, 2.05) is 0 Å². The van der Waals surface area contributed by atoms with Crippen molar-refractivity contribution in [3.8, 4) is 11.3 Å². The van der Waals surface area contributed by atoms with Gasteiger partial charge in [-0.05, 0) is 66.1 Å². The molecular formula is C22H19F6N3O. The van der Waals surface area contributed by atoms with Gasteiger partial charge in [0.05, 0.1) is 11.2 Å². The Labute approximate surface area is 178 Å². The number of hydrogen-bond acceptors (Lipinski definition) is 2. The maximum atomic E-state index is 14.4. The number of alkyl halides is 3. The van der Waals surface area contributed by atoms with E-state index in [1.54, 1.807) is 0 Å². The fourth-order valence-corrected chi connectivity index (χ4v) is 4.15. The Morgan fingerprint density at radius 3 is 2.38 bits per heavy atom. The van der Waals surface area contributed by atoms with Gasteiger partial charge in [-0.15, -0.1) is 0 Å². The van der Waals surface area contributed by atoms with E-state index < -0.39 is 35.6 Å². The first-order valence-electron chi connectivity index (χ1n) is 9.91. The minimum absolute atomic E-state index is 0.00999. The van der Waals surface area contributed by atoms with E-state index in [0.717, 1.165) is 6.07 Å². The van der Waals surface area contributed by atoms with Gasteiger partial charge in [-0.2, -0.15) is 13.2 Å². The Bertz CT molecular complexity index is 1150. The molecule has 1 fully saturated rings. The molecule has 1 aliphatic rings. The maximum absolute atomic E-state index is 14.4. The summed E-state index contributed by atoms with van der Waals surface area (Å²) in [6, 6.07) is 4.94. The highest BCUT2D eigenvalue weighted by atomic mass is 19.4. The second-order valence-corrected chi connectivity index (χ2v) is 8.03. The Balaban J connectivity index is 1.56. The summed E-state index contributed by atoms with van der Waals surface area (Å²) in [4.78, 5) is 14.6. The molecule has 1 amide bonds. The first kappa shape index (κ1) is 22.2. The average molecular weight is 455 g/mol. The van der Waals surface area contributed by atoms with Gasteiger partial charge in [-0.1, -0.05) is 0 Å². The average Bonchev–Trinajstić information content (AvgIpc) is 3.05. The molecule has 4 nitrogen and oxygen atoms in total. The number of fused-ring (bicyclic) bond motifs is 1. The molecule has 10 heteroatoms. The van der Waals surface area contributed by atoms with Gasteiger partial charge in [0.25, 0.3) is 0 Å². The third-order valence-corrected chi connectivity index (χ3v) is 5.84. The van der Waals surface area contributed by atoms with Crippen LogP contribution in [0.15, 0.2) is 36.4 Å². The number of hydrogen-bond donors (Lipinski definition) is 3. The van der Waals surface area contributed by atoms with Crippen LogP contribution < -0.4 is 11.1 Å². The quantitative estimate of drug-likeness (QED) is 0.486. The van der Waals surface area contributed by atoms with Gasteiger partial charge in [-0.3, -0.25) is 4.79 Å². The zero-order valence-electron chi connectivity index (χ0n) is 16.6. The van der Waals surface area contributed by atoms with Gasteiger partial charge in [0, 0.05) is 18.0 Å². The van der Waals surface area contributed by atoms with Crippen LogP contribution in [0, 0.1) is 23.4 Å². The summed E-state index contributed by atoms with van der Waals surface area (Å²) in [7, 11) is 0. The number of nitrogens with two attached hydrogens (primary N) is 1. The maximum Gasteiger partial charge on any atom is 0.412 e. The van der Waals surface area contributed by atoms with Crippen molar-refractivity contribution < 1.29 is 31.1 Å². The standard InChI is InChI=1S/C22H19F6N3O/c23-13-3-1-11(2-4-13)18-17(15-7-14(24)8-16(25)19(15)31-18)12-5-10(6-12)9-30-21(32)20(29)22(26,27)28/h1-4,7-8,10,12,20,31H,5-6,9,29H2,(H,30,32). The largest absolute Gasteiger partial charge is 0.412 e. The molecule has 0 saturated heterocycles. The highest BCUT2D eigenvalue weighted by Crippen LogP contribution is 2.48. The predicted molar refractivity (Wildman–Crippen MR) is 106 cm³/mol. The van der Waals surface area contributed by atoms with Crippen LogP contribution in [0.3, 0.4) is 0 Å². The van der Waals surface area contributed by atoms with Crippen LogP contribution in [0.2, 0.25) is 0 Å². The molecule has 1 heterocycles. The number of rotatable bonds is 5. The molecule has 1 saturated carbocycles. The summed E-state index contributed by atoms with van der Waals surface area (Å²) in [5, 5.41) is 2.57. The number of amides is 1. The fraction of sp³-hybridized carbons (Fsp3) is 0.318. The number of carbonyl (C=O) groups excluding carboxylic acids is 1. The SMILES string of the molecule is NC(C(=O)NCC1CC(c2c(-c3ccc(F)cc3)[nH]c3c(F)cc(F)cc23)C1)C(F)(F)F. The van der Waals surface area contributed by atoms with Crippen molar-refractivity contribution >= 4 is 16.8 Å². The molecular weight excluding hydrogens is 436 g/mol. The monoisotopic (exact) mass is 455 g/mol. The summed E-state index contributed by atoms with van der Waals surface area (Å²) in [6.45, 7) is 0.00999. The number of H-pyrrole nitrogens is 1. The van der Waals surface area contributed by atoms with E-state index >= 15 is 0 Å². The lowest BCUT2D eigenvalue weighted by molar-refractivity contribution is -0.163. The van der Waals surface area contributed by atoms with Crippen molar-refractivity contribution in [2.75, 3.05) is 6.54 Å². The van der Waals surface area contributed by atoms with Crippen LogP contribution in [-0.2, 0) is 4.79 Å². The summed E-state index contributed by atoms with van der Waals surface area (Å²) >= 11 is 0. The van der Waals surface area contributed by atoms with Crippen molar-refractivity contribution in [2.24, 2.45) is 11.7 Å². The molecule has 170 valence electrons. The van der Waals surface area contributed by atoms with Crippen molar-refractivity contribution in [3.63, 3.8) is 0 Å². The third kappa shape index (κ3) is 4.19. The van der Waals surface area contributed by atoms with Gasteiger partial charge in [-0.25, -0.2) is 13.2 Å². The number of carbonyl (C=O) groups is 1. The zero-order chi connectivity index (χ0) is 23.2. The summed E-state index contributed by atoms with van der Waals surface area (Å²) in [6.07, 6.45) is -3.85. The van der Waals surface area contributed by atoms with Crippen LogP contribution in [0.5, 0.6) is 0 Å². The molecule has 1 atom stereocenters. The molecule has 32 heavy (non-hydrogen) atoms. The van der Waals surface area contributed by atoms with Gasteiger partial charge in [0.15, 0.2) is 6.04 Å². The second-order valence-electron chi connectivity index (χ2n) is 8.03. The number of aromatic amines is 1. The summed E-state index contributed by atoms with van der Waals surface area (Å²) in [5.74, 6) is -3.52. The van der Waals surface area contributed by atoms with E-state index in [2.05, 4.69) is 10.3 Å². The molecule has 1 aromatic heterocycles. The van der Waals surface area contributed by atoms with E-state index in [4.69, 9.17) is 5.73 Å². The van der Waals surface area contributed by atoms with Crippen LogP contribution in [0.25, 0.3) is 22.2 Å². The molecule has 2 aromatic carbocycles. The van der Waals surface area contributed by atoms with Crippen molar-refractivity contribution in [3.05, 3.63) is 59.4 Å². The smallest absolute Gasteiger partial charge is 0.354 e. The normalized spacial score (nSPS) is 19.6. The highest BCUT2D eigenvalue weighted by Gasteiger charge is 2.42. The lowest BCUT2D eigenvalue weighted by Crippen LogP contribution is -2.51. The zero-order valence-corrected chi connectivity index (χ0v) is 16.6. The first-order chi connectivity index (χ1) is 15.0. The molecule has 4 N–H and O–H groups in total. The topological polar surface area (TPSA) is 70.9 Å². The molecule has 0 aliphatic heterocycles. The Kier molecular flexibility index (Phi) is 5.66. The summed E-state index contributed by atoms with van der Waals surface area (Å²) < 4.78 is 79.3. The van der Waals surface area contributed by atoms with E-state index in [-0.39, 0.29) is 23.9 Å². The van der Waals surface area contributed by atoms with E-state index in [9.17, 15) is 31.1 Å². The van der Waals surface area contributed by atoms with Crippen molar-refractivity contribution in [2.45, 2.75) is 31.0 Å². The second kappa shape index (κ2) is 8.16. The number of aromatic nitrogens is 1. The number of halogens is 6. The lowest BCUT2D eigenvalue weighted by atomic mass is 9.70. The van der Waals surface area contributed by atoms with E-state index in [1.165, 1.54) is 30.3 Å². The van der Waals surface area contributed by atoms with Crippen LogP contribution in [-0.4, -0.2) is 29.7 Å². The van der Waals surface area contributed by atoms with Crippen molar-refractivity contribution in [1.82, 2.24) is 10.3 Å². The third-order valence-electron chi connectivity index (χ3n) is 5.84. The molecule has 0 bridgehead atoms. The van der Waals surface area contributed by atoms with Crippen LogP contribution >= 0.6 is 0 Å². The van der Waals surface area contributed by atoms with E-state index in [0.29, 0.717) is 35.0 Å². The lowest BCUT2D eigenvalue weighted by Gasteiger charge is -2.36. The van der Waals surface area contributed by atoms with Gasteiger partial charge in [0.1, 0.15) is 17.5 Å². The first-order valence-corrected chi connectivity index (χ1v) is 9.91. The number of nitrogens with one attached hydrogen (secondary N) is 2. The van der Waals surface area contributed by atoms with Crippen molar-refractivity contribution in [1.29, 1.82) is 0 Å². The predicted octanol–water partition coefficient (Wildman–Crippen LogP) is 4.75. The Hall–Kier alpha value is -3.01. The minimum Gasteiger partial charge on any atom is -0.354 e. The van der Waals surface area contributed by atoms with Gasteiger partial charge < -0.3 is 16.0 Å².